The van der Waals surface area contributed by atoms with Crippen molar-refractivity contribution < 1.29 is 0 Å². The summed E-state index contributed by atoms with van der Waals surface area (Å²) in [6.45, 7) is 11.7. The van der Waals surface area contributed by atoms with E-state index in [2.05, 4.69) is 82.0 Å². The summed E-state index contributed by atoms with van der Waals surface area (Å²) in [6, 6.07) is 18.2. The van der Waals surface area contributed by atoms with Gasteiger partial charge in [0.05, 0.1) is 0 Å². The minimum absolute atomic E-state index is 1.33. The van der Waals surface area contributed by atoms with Gasteiger partial charge in [-0.3, -0.25) is 0 Å². The number of aryl methyl sites for hydroxylation is 2. The summed E-state index contributed by atoms with van der Waals surface area (Å²) in [5, 5.41) is 3.01. The molecule has 0 bridgehead atoms. The van der Waals surface area contributed by atoms with Crippen LogP contribution in [0.4, 0.5) is 0 Å². The predicted octanol–water partition coefficient (Wildman–Crippen LogP) is 3.71. The van der Waals surface area contributed by atoms with Crippen LogP contribution in [0.1, 0.15) is 11.1 Å². The van der Waals surface area contributed by atoms with E-state index in [1.54, 1.807) is 0 Å². The molecule has 0 aromatic heterocycles. The maximum absolute atomic E-state index is 2.45. The van der Waals surface area contributed by atoms with E-state index in [0.717, 1.165) is 0 Å². The fraction of sp³-hybridized carbons (Fsp3) is 0.294. The van der Waals surface area contributed by atoms with E-state index in [4.69, 9.17) is 0 Å². The van der Waals surface area contributed by atoms with Crippen LogP contribution in [-0.4, -0.2) is 7.35 Å². The topological polar surface area (TPSA) is 0 Å². The third kappa shape index (κ3) is 2.28. The molecule has 0 saturated carbocycles. The van der Waals surface area contributed by atoms with Crippen LogP contribution < -0.4 is 10.4 Å². The Bertz CT molecular complexity index is 489. The second-order valence-corrected chi connectivity index (χ2v) is 14.3. The minimum atomic E-state index is -2.26. The van der Waals surface area contributed by atoms with E-state index in [-0.39, 0.29) is 0 Å². The Labute approximate surface area is 111 Å². The van der Waals surface area contributed by atoms with Gasteiger partial charge in [-0.2, -0.15) is 0 Å². The third-order valence-corrected chi connectivity index (χ3v) is 8.83. The Morgan fingerprint density at radius 2 is 0.833 bits per heavy atom. The summed E-state index contributed by atoms with van der Waals surface area (Å²) in [7, 11) is -2.26. The first-order valence-corrected chi connectivity index (χ1v) is 10.6. The standard InChI is InChI=1S/C17H23Si/c1-14-6-10-16(11-7-14)18(3,4,5)17-12-8-15(2)9-13-17/h6-13H,1-5H3/q-1. The Morgan fingerprint density at radius 1 is 0.556 bits per heavy atom. The van der Waals surface area contributed by atoms with Gasteiger partial charge >= 0.3 is 111 Å². The first-order valence-electron chi connectivity index (χ1n) is 6.64. The van der Waals surface area contributed by atoms with E-state index in [0.29, 0.717) is 0 Å². The summed E-state index contributed by atoms with van der Waals surface area (Å²) in [5.41, 5.74) is 2.66. The zero-order valence-corrected chi connectivity index (χ0v) is 13.1. The molecule has 0 radical (unpaired) electrons. The molecule has 0 fully saturated rings. The Morgan fingerprint density at radius 3 is 1.11 bits per heavy atom. The number of benzene rings is 2. The molecule has 0 aliphatic rings. The molecule has 0 saturated heterocycles. The van der Waals surface area contributed by atoms with Crippen molar-refractivity contribution in [3.63, 3.8) is 0 Å². The van der Waals surface area contributed by atoms with Crippen molar-refractivity contribution in [1.82, 2.24) is 0 Å². The molecule has 0 amide bonds. The van der Waals surface area contributed by atoms with Crippen LogP contribution in [0.3, 0.4) is 0 Å². The van der Waals surface area contributed by atoms with Crippen LogP contribution in [-0.2, 0) is 0 Å². The van der Waals surface area contributed by atoms with Gasteiger partial charge in [0.25, 0.3) is 0 Å². The molecule has 0 aliphatic carbocycles. The molecule has 0 heterocycles. The van der Waals surface area contributed by atoms with Gasteiger partial charge in [-0.1, -0.05) is 0 Å². The third-order valence-electron chi connectivity index (χ3n) is 4.12. The second-order valence-electron chi connectivity index (χ2n) is 6.86. The molecule has 0 unspecified atom stereocenters. The molecule has 18 heavy (non-hydrogen) atoms. The van der Waals surface area contributed by atoms with E-state index in [9.17, 15) is 0 Å². The normalized spacial score (nSPS) is 13.9. The van der Waals surface area contributed by atoms with Gasteiger partial charge in [0.1, 0.15) is 0 Å². The molecule has 0 atom stereocenters. The quantitative estimate of drug-likeness (QED) is 0.718. The fourth-order valence-corrected chi connectivity index (χ4v) is 5.44. The zero-order chi connectivity index (χ0) is 13.4. The molecule has 96 valence electrons. The average molecular weight is 255 g/mol. The van der Waals surface area contributed by atoms with Crippen molar-refractivity contribution in [2.24, 2.45) is 0 Å². The first-order chi connectivity index (χ1) is 8.28. The van der Waals surface area contributed by atoms with E-state index >= 15 is 0 Å². The number of hydrogen-bond donors (Lipinski definition) is 0. The van der Waals surface area contributed by atoms with E-state index < -0.39 is 7.35 Å². The SMILES string of the molecule is Cc1ccc([Si-](C)(C)(C)c2ccc(C)cc2)cc1. The molecule has 2 rings (SSSR count). The molecule has 0 aliphatic heterocycles. The van der Waals surface area contributed by atoms with Gasteiger partial charge in [-0.25, -0.2) is 0 Å². The molecule has 1 heteroatoms. The number of rotatable bonds is 2. The van der Waals surface area contributed by atoms with Crippen LogP contribution in [0.25, 0.3) is 0 Å². The van der Waals surface area contributed by atoms with Gasteiger partial charge in [0.15, 0.2) is 0 Å². The summed E-state index contributed by atoms with van der Waals surface area (Å²) >= 11 is 0. The van der Waals surface area contributed by atoms with Crippen LogP contribution in [0.15, 0.2) is 48.5 Å². The van der Waals surface area contributed by atoms with Gasteiger partial charge < -0.3 is 0 Å². The molecule has 0 nitrogen and oxygen atoms in total. The van der Waals surface area contributed by atoms with E-state index in [1.807, 2.05) is 0 Å². The summed E-state index contributed by atoms with van der Waals surface area (Å²) in [4.78, 5) is 0. The van der Waals surface area contributed by atoms with Crippen molar-refractivity contribution in [2.45, 2.75) is 33.5 Å². The van der Waals surface area contributed by atoms with Crippen molar-refractivity contribution in [2.75, 3.05) is 0 Å². The monoisotopic (exact) mass is 255 g/mol. The van der Waals surface area contributed by atoms with Crippen LogP contribution in [0.5, 0.6) is 0 Å². The second kappa shape index (κ2) is 4.10. The van der Waals surface area contributed by atoms with Crippen molar-refractivity contribution in [3.05, 3.63) is 59.7 Å². The summed E-state index contributed by atoms with van der Waals surface area (Å²) < 4.78 is 0. The van der Waals surface area contributed by atoms with Gasteiger partial charge in [0.2, 0.25) is 0 Å². The molecule has 2 aromatic carbocycles. The summed E-state index contributed by atoms with van der Waals surface area (Å²) in [5.74, 6) is 0. The molecule has 0 N–H and O–H groups in total. The molecule has 2 aromatic rings. The van der Waals surface area contributed by atoms with Gasteiger partial charge in [0, 0.05) is 0 Å². The van der Waals surface area contributed by atoms with Crippen molar-refractivity contribution in [3.8, 4) is 0 Å². The molecular formula is C17H23Si-. The van der Waals surface area contributed by atoms with Crippen LogP contribution in [0, 0.1) is 13.8 Å². The average Bonchev–Trinajstić information content (AvgIpc) is 2.29. The maximum atomic E-state index is 2.45. The number of hydrogen-bond acceptors (Lipinski definition) is 0. The van der Waals surface area contributed by atoms with Crippen molar-refractivity contribution in [1.29, 1.82) is 0 Å². The Hall–Kier alpha value is -1.34. The van der Waals surface area contributed by atoms with Crippen molar-refractivity contribution >= 4 is 17.7 Å². The summed E-state index contributed by atoms with van der Waals surface area (Å²) in [6.07, 6.45) is 0. The van der Waals surface area contributed by atoms with Crippen LogP contribution >= 0.6 is 0 Å². The molecule has 0 spiro atoms. The van der Waals surface area contributed by atoms with E-state index in [1.165, 1.54) is 21.5 Å². The van der Waals surface area contributed by atoms with Crippen LogP contribution in [0.2, 0.25) is 19.6 Å². The Balaban J connectivity index is 2.56. The van der Waals surface area contributed by atoms with Gasteiger partial charge in [-0.15, -0.1) is 0 Å². The zero-order valence-electron chi connectivity index (χ0n) is 12.1. The predicted molar refractivity (Wildman–Crippen MR) is 85.0 cm³/mol. The fourth-order valence-electron chi connectivity index (χ4n) is 2.44. The van der Waals surface area contributed by atoms with Gasteiger partial charge in [-0.05, 0) is 0 Å². The molecular weight excluding hydrogens is 232 g/mol. The first kappa shape index (κ1) is 13.1. The Kier molecular flexibility index (Phi) is 2.98.